The molecule has 0 aromatic rings. The van der Waals surface area contributed by atoms with Crippen molar-refractivity contribution in [2.45, 2.75) is 83.7 Å². The lowest BCUT2D eigenvalue weighted by molar-refractivity contribution is -0.164. The predicted molar refractivity (Wildman–Crippen MR) is 95.1 cm³/mol. The molecular formula is C20H34O5. The summed E-state index contributed by atoms with van der Waals surface area (Å²) in [6.45, 7) is 3.71. The van der Waals surface area contributed by atoms with Gasteiger partial charge in [-0.25, -0.2) is 0 Å². The van der Waals surface area contributed by atoms with Gasteiger partial charge in [0.1, 0.15) is 6.61 Å². The average Bonchev–Trinajstić information content (AvgIpc) is 3.16. The van der Waals surface area contributed by atoms with Crippen LogP contribution in [-0.4, -0.2) is 37.9 Å². The summed E-state index contributed by atoms with van der Waals surface area (Å²) in [5, 5.41) is 0. The summed E-state index contributed by atoms with van der Waals surface area (Å²) in [7, 11) is 0. The first-order chi connectivity index (χ1) is 12.2. The van der Waals surface area contributed by atoms with Crippen LogP contribution in [-0.2, 0) is 23.8 Å². The summed E-state index contributed by atoms with van der Waals surface area (Å²) >= 11 is 0. The van der Waals surface area contributed by atoms with E-state index in [0.29, 0.717) is 13.2 Å². The van der Waals surface area contributed by atoms with E-state index in [9.17, 15) is 9.59 Å². The quantitative estimate of drug-likeness (QED) is 0.438. The van der Waals surface area contributed by atoms with Gasteiger partial charge < -0.3 is 14.2 Å². The molecule has 0 N–H and O–H groups in total. The third-order valence-electron chi connectivity index (χ3n) is 5.30. The number of carbonyl (C=O) groups excluding carboxylic acids is 2. The minimum Gasteiger partial charge on any atom is -0.465 e. The summed E-state index contributed by atoms with van der Waals surface area (Å²) in [5.74, 6) is -1.14. The largest absolute Gasteiger partial charge is 0.465 e. The lowest BCUT2D eigenvalue weighted by atomic mass is 9.79. The van der Waals surface area contributed by atoms with Gasteiger partial charge in [-0.15, -0.1) is 0 Å². The Morgan fingerprint density at radius 1 is 0.880 bits per heavy atom. The molecule has 1 heterocycles. The van der Waals surface area contributed by atoms with Crippen LogP contribution in [0.2, 0.25) is 0 Å². The van der Waals surface area contributed by atoms with Crippen LogP contribution in [0.3, 0.4) is 0 Å². The Morgan fingerprint density at radius 3 is 2.20 bits per heavy atom. The molecule has 3 unspecified atom stereocenters. The maximum atomic E-state index is 12.4. The Morgan fingerprint density at radius 2 is 1.56 bits per heavy atom. The smallest absolute Gasteiger partial charge is 0.309 e. The van der Waals surface area contributed by atoms with Gasteiger partial charge in [-0.2, -0.15) is 0 Å². The lowest BCUT2D eigenvalue weighted by Gasteiger charge is -2.28. The zero-order chi connectivity index (χ0) is 17.9. The first kappa shape index (κ1) is 20.2. The van der Waals surface area contributed by atoms with E-state index in [1.54, 1.807) is 0 Å². The Bertz CT molecular complexity index is 403. The van der Waals surface area contributed by atoms with Crippen LogP contribution in [0.25, 0.3) is 0 Å². The number of carbonyl (C=O) groups is 2. The van der Waals surface area contributed by atoms with Crippen molar-refractivity contribution in [2.24, 2.45) is 11.8 Å². The van der Waals surface area contributed by atoms with Crippen molar-refractivity contribution in [3.8, 4) is 0 Å². The lowest BCUT2D eigenvalue weighted by Crippen LogP contribution is -2.36. The van der Waals surface area contributed by atoms with Gasteiger partial charge in [-0.1, -0.05) is 45.4 Å². The van der Waals surface area contributed by atoms with Crippen LogP contribution in [0.5, 0.6) is 0 Å². The summed E-state index contributed by atoms with van der Waals surface area (Å²) in [4.78, 5) is 24.8. The van der Waals surface area contributed by atoms with Crippen LogP contribution in [0.1, 0.15) is 77.6 Å². The Balaban J connectivity index is 1.72. The molecule has 0 radical (unpaired) electrons. The number of hydrogen-bond acceptors (Lipinski definition) is 5. The Labute approximate surface area is 151 Å². The van der Waals surface area contributed by atoms with E-state index < -0.39 is 0 Å². The van der Waals surface area contributed by atoms with Crippen molar-refractivity contribution in [1.82, 2.24) is 0 Å². The first-order valence-electron chi connectivity index (χ1n) is 10.2. The standard InChI is InChI=1S/C20H34O5/c1-2-3-4-5-8-13-24-19(21)17-11-6-7-12-18(17)20(22)25-15-16-10-9-14-23-16/h16-18H,2-15H2,1H3. The van der Waals surface area contributed by atoms with Gasteiger partial charge in [-0.05, 0) is 32.1 Å². The molecular weight excluding hydrogens is 320 g/mol. The second-order valence-electron chi connectivity index (χ2n) is 7.34. The fourth-order valence-electron chi connectivity index (χ4n) is 3.74. The van der Waals surface area contributed by atoms with E-state index in [1.807, 2.05) is 0 Å². The van der Waals surface area contributed by atoms with Gasteiger partial charge in [-0.3, -0.25) is 9.59 Å². The molecule has 0 aromatic carbocycles. The van der Waals surface area contributed by atoms with Crippen molar-refractivity contribution in [3.63, 3.8) is 0 Å². The number of unbranched alkanes of at least 4 members (excludes halogenated alkanes) is 4. The predicted octanol–water partition coefficient (Wildman–Crippen LogP) is 4.03. The van der Waals surface area contributed by atoms with Gasteiger partial charge in [0.05, 0.1) is 24.5 Å². The zero-order valence-electron chi connectivity index (χ0n) is 15.7. The van der Waals surface area contributed by atoms with Gasteiger partial charge in [0.2, 0.25) is 0 Å². The molecule has 2 aliphatic rings. The summed E-state index contributed by atoms with van der Waals surface area (Å²) in [6.07, 6.45) is 11.0. The van der Waals surface area contributed by atoms with E-state index in [0.717, 1.165) is 58.0 Å². The number of ether oxygens (including phenoxy) is 3. The number of esters is 2. The van der Waals surface area contributed by atoms with Crippen molar-refractivity contribution in [2.75, 3.05) is 19.8 Å². The molecule has 2 rings (SSSR count). The second kappa shape index (κ2) is 11.5. The molecule has 1 aliphatic heterocycles. The molecule has 0 spiro atoms. The normalized spacial score (nSPS) is 26.4. The van der Waals surface area contributed by atoms with E-state index >= 15 is 0 Å². The summed E-state index contributed by atoms with van der Waals surface area (Å²) < 4.78 is 16.4. The molecule has 5 nitrogen and oxygen atoms in total. The third kappa shape index (κ3) is 6.96. The molecule has 144 valence electrons. The second-order valence-corrected chi connectivity index (χ2v) is 7.34. The molecule has 5 heteroatoms. The van der Waals surface area contributed by atoms with Gasteiger partial charge >= 0.3 is 11.9 Å². The Kier molecular flexibility index (Phi) is 9.30. The molecule has 25 heavy (non-hydrogen) atoms. The van der Waals surface area contributed by atoms with Crippen LogP contribution in [0.15, 0.2) is 0 Å². The van der Waals surface area contributed by atoms with Crippen LogP contribution < -0.4 is 0 Å². The van der Waals surface area contributed by atoms with E-state index in [2.05, 4.69) is 6.92 Å². The van der Waals surface area contributed by atoms with Crippen LogP contribution in [0.4, 0.5) is 0 Å². The van der Waals surface area contributed by atoms with Crippen molar-refractivity contribution in [3.05, 3.63) is 0 Å². The third-order valence-corrected chi connectivity index (χ3v) is 5.30. The number of hydrogen-bond donors (Lipinski definition) is 0. The first-order valence-corrected chi connectivity index (χ1v) is 10.2. The monoisotopic (exact) mass is 354 g/mol. The summed E-state index contributed by atoms with van der Waals surface area (Å²) in [5.41, 5.74) is 0. The molecule has 1 aliphatic carbocycles. The minimum absolute atomic E-state index is 0.0288. The molecule has 1 saturated carbocycles. The molecule has 0 bridgehead atoms. The van der Waals surface area contributed by atoms with E-state index in [-0.39, 0.29) is 29.9 Å². The van der Waals surface area contributed by atoms with Crippen molar-refractivity contribution in [1.29, 1.82) is 0 Å². The number of rotatable bonds is 10. The van der Waals surface area contributed by atoms with Crippen LogP contribution >= 0.6 is 0 Å². The highest BCUT2D eigenvalue weighted by molar-refractivity contribution is 5.82. The average molecular weight is 354 g/mol. The van der Waals surface area contributed by atoms with Gasteiger partial charge in [0.15, 0.2) is 0 Å². The highest BCUT2D eigenvalue weighted by Gasteiger charge is 2.38. The van der Waals surface area contributed by atoms with E-state index in [4.69, 9.17) is 14.2 Å². The molecule has 2 fully saturated rings. The van der Waals surface area contributed by atoms with Gasteiger partial charge in [0.25, 0.3) is 0 Å². The highest BCUT2D eigenvalue weighted by Crippen LogP contribution is 2.32. The fourth-order valence-corrected chi connectivity index (χ4v) is 3.74. The highest BCUT2D eigenvalue weighted by atomic mass is 16.6. The topological polar surface area (TPSA) is 61.8 Å². The maximum Gasteiger partial charge on any atom is 0.309 e. The van der Waals surface area contributed by atoms with Crippen molar-refractivity contribution < 1.29 is 23.8 Å². The van der Waals surface area contributed by atoms with E-state index in [1.165, 1.54) is 19.3 Å². The SMILES string of the molecule is CCCCCCCOC(=O)C1CCCCC1C(=O)OCC1CCCO1. The zero-order valence-corrected chi connectivity index (χ0v) is 15.7. The maximum absolute atomic E-state index is 12.4. The van der Waals surface area contributed by atoms with Crippen molar-refractivity contribution >= 4 is 11.9 Å². The molecule has 0 amide bonds. The fraction of sp³-hybridized carbons (Fsp3) is 0.900. The molecule has 1 saturated heterocycles. The summed E-state index contributed by atoms with van der Waals surface area (Å²) in [6, 6.07) is 0. The van der Waals surface area contributed by atoms with Crippen LogP contribution in [0, 0.1) is 11.8 Å². The van der Waals surface area contributed by atoms with Gasteiger partial charge in [0, 0.05) is 6.61 Å². The molecule has 0 aromatic heterocycles. The minimum atomic E-state index is -0.345. The molecule has 3 atom stereocenters. The Hall–Kier alpha value is -1.10.